The van der Waals surface area contributed by atoms with Crippen LogP contribution in [0.1, 0.15) is 12.0 Å². The van der Waals surface area contributed by atoms with E-state index in [0.717, 1.165) is 36.1 Å². The highest BCUT2D eigenvalue weighted by molar-refractivity contribution is 7.80. The van der Waals surface area contributed by atoms with Crippen LogP contribution in [0.15, 0.2) is 53.8 Å². The SMILES string of the molecule is COC(=O)C1=C2CC=CC=C2N(C)c2ccccc21.COS(=O)(=O)O. The molecule has 0 radical (unpaired) electrons. The summed E-state index contributed by atoms with van der Waals surface area (Å²) in [4.78, 5) is 14.3. The Hall–Kier alpha value is -2.42. The molecule has 25 heavy (non-hydrogen) atoms. The Labute approximate surface area is 146 Å². The van der Waals surface area contributed by atoms with Crippen LogP contribution < -0.4 is 4.90 Å². The Bertz CT molecular complexity index is 867. The Balaban J connectivity index is 0.000000326. The molecule has 2 aliphatic rings. The van der Waals surface area contributed by atoms with Gasteiger partial charge >= 0.3 is 16.4 Å². The number of rotatable bonds is 2. The second kappa shape index (κ2) is 7.64. The predicted molar refractivity (Wildman–Crippen MR) is 94.2 cm³/mol. The number of hydrogen-bond donors (Lipinski definition) is 1. The van der Waals surface area contributed by atoms with E-state index in [1.165, 1.54) is 7.11 Å². The van der Waals surface area contributed by atoms with Gasteiger partial charge in [0.15, 0.2) is 0 Å². The smallest absolute Gasteiger partial charge is 0.397 e. The quantitative estimate of drug-likeness (QED) is 0.635. The van der Waals surface area contributed by atoms with Crippen LogP contribution >= 0.6 is 0 Å². The number of ether oxygens (including phenoxy) is 1. The minimum Gasteiger partial charge on any atom is -0.465 e. The monoisotopic (exact) mass is 365 g/mol. The van der Waals surface area contributed by atoms with Crippen molar-refractivity contribution >= 4 is 27.6 Å². The van der Waals surface area contributed by atoms with E-state index in [0.29, 0.717) is 5.57 Å². The number of para-hydroxylation sites is 1. The van der Waals surface area contributed by atoms with Crippen LogP contribution in [0, 0.1) is 0 Å². The molecule has 1 aromatic carbocycles. The molecule has 0 fully saturated rings. The minimum absolute atomic E-state index is 0.267. The van der Waals surface area contributed by atoms with Crippen molar-refractivity contribution in [3.63, 3.8) is 0 Å². The predicted octanol–water partition coefficient (Wildman–Crippen LogP) is 2.34. The fourth-order valence-electron chi connectivity index (χ4n) is 2.70. The van der Waals surface area contributed by atoms with Gasteiger partial charge in [0, 0.05) is 24.0 Å². The molecule has 1 heterocycles. The fraction of sp³-hybridized carbons (Fsp3) is 0.235. The third-order valence-corrected chi connectivity index (χ3v) is 4.24. The first-order valence-corrected chi connectivity index (χ1v) is 8.71. The van der Waals surface area contributed by atoms with E-state index in [1.54, 1.807) is 0 Å². The van der Waals surface area contributed by atoms with Gasteiger partial charge in [0.25, 0.3) is 0 Å². The zero-order chi connectivity index (χ0) is 18.6. The van der Waals surface area contributed by atoms with Gasteiger partial charge in [0.1, 0.15) is 0 Å². The van der Waals surface area contributed by atoms with Gasteiger partial charge in [0.05, 0.1) is 19.8 Å². The lowest BCUT2D eigenvalue weighted by molar-refractivity contribution is -0.133. The maximum Gasteiger partial charge on any atom is 0.397 e. The number of anilines is 1. The topological polar surface area (TPSA) is 93.1 Å². The van der Waals surface area contributed by atoms with Crippen molar-refractivity contribution < 1.29 is 26.7 Å². The first kappa shape index (κ1) is 18.9. The van der Waals surface area contributed by atoms with Crippen LogP contribution in [0.5, 0.6) is 0 Å². The highest BCUT2D eigenvalue weighted by Crippen LogP contribution is 2.42. The third-order valence-electron chi connectivity index (χ3n) is 3.82. The average Bonchev–Trinajstić information content (AvgIpc) is 2.62. The van der Waals surface area contributed by atoms with Crippen molar-refractivity contribution in [2.45, 2.75) is 6.42 Å². The largest absolute Gasteiger partial charge is 0.465 e. The summed E-state index contributed by atoms with van der Waals surface area (Å²) in [7, 11) is 0.163. The van der Waals surface area contributed by atoms with Crippen molar-refractivity contribution in [3.8, 4) is 0 Å². The van der Waals surface area contributed by atoms with Crippen LogP contribution in [0.3, 0.4) is 0 Å². The average molecular weight is 365 g/mol. The number of carbonyl (C=O) groups is 1. The minimum atomic E-state index is -4.16. The van der Waals surface area contributed by atoms with Gasteiger partial charge in [-0.05, 0) is 24.1 Å². The van der Waals surface area contributed by atoms with Crippen molar-refractivity contribution in [3.05, 3.63) is 59.3 Å². The van der Waals surface area contributed by atoms with Gasteiger partial charge in [-0.1, -0.05) is 30.4 Å². The molecule has 7 nitrogen and oxygen atoms in total. The summed E-state index contributed by atoms with van der Waals surface area (Å²) >= 11 is 0. The molecule has 0 saturated heterocycles. The number of esters is 1. The molecular weight excluding hydrogens is 346 g/mol. The molecule has 0 atom stereocenters. The molecule has 1 aliphatic carbocycles. The lowest BCUT2D eigenvalue weighted by Crippen LogP contribution is -2.27. The van der Waals surface area contributed by atoms with E-state index >= 15 is 0 Å². The zero-order valence-corrected chi connectivity index (χ0v) is 14.9. The summed E-state index contributed by atoms with van der Waals surface area (Å²) in [5, 5.41) is 0. The number of fused-ring (bicyclic) bond motifs is 2. The van der Waals surface area contributed by atoms with Crippen LogP contribution in [0.25, 0.3) is 5.57 Å². The Kier molecular flexibility index (Phi) is 5.78. The molecule has 0 aromatic heterocycles. The first-order chi connectivity index (χ1) is 11.8. The molecule has 0 saturated carbocycles. The Morgan fingerprint density at radius 2 is 1.88 bits per heavy atom. The van der Waals surface area contributed by atoms with Gasteiger partial charge in [0.2, 0.25) is 0 Å². The van der Waals surface area contributed by atoms with Gasteiger partial charge < -0.3 is 9.64 Å². The van der Waals surface area contributed by atoms with E-state index in [9.17, 15) is 13.2 Å². The number of hydrogen-bond acceptors (Lipinski definition) is 6. The maximum atomic E-state index is 12.1. The van der Waals surface area contributed by atoms with Gasteiger partial charge in [-0.25, -0.2) is 4.79 Å². The number of methoxy groups -OCH3 is 1. The van der Waals surface area contributed by atoms with Gasteiger partial charge in [-0.3, -0.25) is 8.74 Å². The fourth-order valence-corrected chi connectivity index (χ4v) is 2.70. The van der Waals surface area contributed by atoms with Crippen molar-refractivity contribution in [1.29, 1.82) is 0 Å². The Morgan fingerprint density at radius 3 is 2.48 bits per heavy atom. The number of benzene rings is 1. The number of carbonyl (C=O) groups excluding carboxylic acids is 1. The highest BCUT2D eigenvalue weighted by Gasteiger charge is 2.30. The molecular formula is C17H19NO6S. The number of likely N-dealkylation sites (N-methyl/N-ethyl adjacent to an activating group) is 1. The van der Waals surface area contributed by atoms with E-state index in [4.69, 9.17) is 9.29 Å². The Morgan fingerprint density at radius 1 is 1.24 bits per heavy atom. The standard InChI is InChI=1S/C16H15NO2.CH4O4S/c1-17-13-9-5-3-7-11(13)15(16(18)19-2)12-8-4-6-10-14(12)17;1-5-6(2,3)4/h3-7,9-10H,8H2,1-2H3;1H3,(H,2,3,4). The summed E-state index contributed by atoms with van der Waals surface area (Å²) < 4.78 is 34.7. The molecule has 1 aromatic rings. The zero-order valence-electron chi connectivity index (χ0n) is 14.1. The highest BCUT2D eigenvalue weighted by atomic mass is 32.3. The summed E-state index contributed by atoms with van der Waals surface area (Å²) in [6, 6.07) is 7.92. The van der Waals surface area contributed by atoms with E-state index in [2.05, 4.69) is 15.2 Å². The number of allylic oxidation sites excluding steroid dienone is 4. The summed E-state index contributed by atoms with van der Waals surface area (Å²) in [5.74, 6) is -0.267. The molecule has 3 rings (SSSR count). The summed E-state index contributed by atoms with van der Waals surface area (Å²) in [6.45, 7) is 0. The second-order valence-corrected chi connectivity index (χ2v) is 6.39. The maximum absolute atomic E-state index is 12.1. The van der Waals surface area contributed by atoms with Crippen molar-refractivity contribution in [1.82, 2.24) is 0 Å². The van der Waals surface area contributed by atoms with Crippen LogP contribution in [0.2, 0.25) is 0 Å². The molecule has 8 heteroatoms. The molecule has 1 N–H and O–H groups in total. The first-order valence-electron chi connectivity index (χ1n) is 7.35. The van der Waals surface area contributed by atoms with Crippen LogP contribution in [-0.4, -0.2) is 40.2 Å². The van der Waals surface area contributed by atoms with E-state index in [1.807, 2.05) is 43.5 Å². The molecule has 0 spiro atoms. The van der Waals surface area contributed by atoms with Crippen LogP contribution in [-0.2, 0) is 24.1 Å². The number of nitrogens with zero attached hydrogens (tertiary/aromatic N) is 1. The third kappa shape index (κ3) is 4.16. The molecule has 1 aliphatic heterocycles. The lowest BCUT2D eigenvalue weighted by atomic mass is 9.87. The van der Waals surface area contributed by atoms with E-state index < -0.39 is 10.4 Å². The van der Waals surface area contributed by atoms with Crippen molar-refractivity contribution in [2.24, 2.45) is 0 Å². The second-order valence-electron chi connectivity index (χ2n) is 5.20. The van der Waals surface area contributed by atoms with E-state index in [-0.39, 0.29) is 5.97 Å². The van der Waals surface area contributed by atoms with Crippen LogP contribution in [0.4, 0.5) is 5.69 Å². The molecule has 0 amide bonds. The normalized spacial score (nSPS) is 15.5. The molecule has 134 valence electrons. The van der Waals surface area contributed by atoms with Gasteiger partial charge in [-0.2, -0.15) is 8.42 Å². The summed E-state index contributed by atoms with van der Waals surface area (Å²) in [5.41, 5.74) is 4.77. The lowest BCUT2D eigenvalue weighted by Gasteiger charge is -2.34. The molecule has 0 unspecified atom stereocenters. The van der Waals surface area contributed by atoms with Gasteiger partial charge in [-0.15, -0.1) is 0 Å². The molecule has 0 bridgehead atoms. The van der Waals surface area contributed by atoms with Crippen molar-refractivity contribution in [2.75, 3.05) is 26.2 Å². The summed E-state index contributed by atoms with van der Waals surface area (Å²) in [6.07, 6.45) is 6.88.